The van der Waals surface area contributed by atoms with Crippen LogP contribution in [0.25, 0.3) is 0 Å². The summed E-state index contributed by atoms with van der Waals surface area (Å²) in [4.78, 5) is 0. The van der Waals surface area contributed by atoms with E-state index < -0.39 is 8.60 Å². The van der Waals surface area contributed by atoms with Crippen LogP contribution in [-0.2, 0) is 29.2 Å². The number of benzene rings is 3. The van der Waals surface area contributed by atoms with Crippen LogP contribution in [0.5, 0.6) is 0 Å². The van der Waals surface area contributed by atoms with Crippen LogP contribution < -0.4 is 0 Å². The van der Waals surface area contributed by atoms with E-state index in [2.05, 4.69) is 36.4 Å². The molecule has 0 N–H and O–H groups in total. The van der Waals surface area contributed by atoms with Gasteiger partial charge in [-0.3, -0.25) is 0 Å². The Labute approximate surface area is 181 Å². The third-order valence-corrected chi connectivity index (χ3v) is 7.62. The number of hydrogen-bond donors (Lipinski definition) is 0. The van der Waals surface area contributed by atoms with Crippen LogP contribution in [0.1, 0.15) is 16.7 Å². The molecule has 3 aromatic carbocycles. The molecule has 7 heteroatoms. The summed E-state index contributed by atoms with van der Waals surface area (Å²) >= 11 is 4.08. The first-order chi connectivity index (χ1) is 13.9. The van der Waals surface area contributed by atoms with Crippen molar-refractivity contribution in [3.63, 3.8) is 0 Å². The fourth-order valence-electron chi connectivity index (χ4n) is 2.17. The highest BCUT2D eigenvalue weighted by Gasteiger charge is 2.16. The van der Waals surface area contributed by atoms with E-state index in [1.807, 2.05) is 54.6 Å². The van der Waals surface area contributed by atoms with E-state index in [1.165, 1.54) is 52.8 Å². The van der Waals surface area contributed by atoms with Crippen molar-refractivity contribution in [2.75, 3.05) is 0 Å². The highest BCUT2D eigenvalue weighted by Crippen LogP contribution is 2.51. The van der Waals surface area contributed by atoms with Crippen molar-refractivity contribution in [2.45, 2.75) is 17.3 Å². The van der Waals surface area contributed by atoms with Crippen LogP contribution in [0.4, 0.5) is 0 Å². The monoisotopic (exact) mass is 448 g/mol. The van der Waals surface area contributed by atoms with Crippen molar-refractivity contribution in [1.82, 2.24) is 0 Å². The first-order valence-electron chi connectivity index (χ1n) is 8.71. The summed E-state index contributed by atoms with van der Waals surface area (Å²) in [6, 6.07) is 30.6. The van der Waals surface area contributed by atoms with E-state index in [1.54, 1.807) is 0 Å². The van der Waals surface area contributed by atoms with Gasteiger partial charge in [-0.25, -0.2) is 11.9 Å². The fourth-order valence-corrected chi connectivity index (χ4v) is 5.79. The van der Waals surface area contributed by atoms with Crippen molar-refractivity contribution < 1.29 is 11.9 Å². The Hall–Kier alpha value is -0.980. The first-order valence-corrected chi connectivity index (χ1v) is 12.5. The zero-order valence-corrected chi connectivity index (χ0v) is 18.5. The van der Waals surface area contributed by atoms with Gasteiger partial charge in [0.1, 0.15) is 0 Å². The molecule has 0 aliphatic rings. The summed E-state index contributed by atoms with van der Waals surface area (Å²) in [7, 11) is -1.46. The normalized spacial score (nSPS) is 11.0. The Kier molecular flexibility index (Phi) is 10.3. The summed E-state index contributed by atoms with van der Waals surface area (Å²) in [5, 5.41) is 0. The molecule has 0 aromatic heterocycles. The molecule has 3 rings (SSSR count). The topological polar surface area (TPSA) is 27.7 Å². The van der Waals surface area contributed by atoms with Gasteiger partial charge in [0, 0.05) is 53.4 Å². The highest BCUT2D eigenvalue weighted by atomic mass is 32.2. The van der Waals surface area contributed by atoms with Crippen molar-refractivity contribution >= 4 is 44.7 Å². The van der Waals surface area contributed by atoms with Gasteiger partial charge in [-0.15, -0.1) is 0 Å². The maximum Gasteiger partial charge on any atom is 0.369 e. The third-order valence-electron chi connectivity index (χ3n) is 3.55. The second-order valence-corrected chi connectivity index (χ2v) is 9.50. The van der Waals surface area contributed by atoms with Crippen molar-refractivity contribution in [3.05, 3.63) is 108 Å². The lowest BCUT2D eigenvalue weighted by atomic mass is 10.2. The van der Waals surface area contributed by atoms with E-state index >= 15 is 0 Å². The average molecular weight is 449 g/mol. The summed E-state index contributed by atoms with van der Waals surface area (Å²) < 4.78 is 17.5. The van der Waals surface area contributed by atoms with E-state index in [9.17, 15) is 0 Å². The van der Waals surface area contributed by atoms with E-state index in [4.69, 9.17) is 11.9 Å². The quantitative estimate of drug-likeness (QED) is 0.207. The lowest BCUT2D eigenvalue weighted by Gasteiger charge is -2.14. The van der Waals surface area contributed by atoms with Crippen LogP contribution >= 0.6 is 44.7 Å². The zero-order chi connectivity index (χ0) is 19.3. The Bertz CT molecular complexity index is 671. The standard InChI is InChI=1S/C21H21O3PS3/c1-4-10-19(11-5-1)16-26-22-25(23-27-17-20-12-6-2-7-13-20)24-28-18-21-14-8-3-9-15-21/h1-15H,16-18H2. The molecular formula is C21H21O3PS3. The van der Waals surface area contributed by atoms with E-state index in [-0.39, 0.29) is 0 Å². The summed E-state index contributed by atoms with van der Waals surface area (Å²) in [6.07, 6.45) is 0. The minimum absolute atomic E-state index is 0.749. The van der Waals surface area contributed by atoms with E-state index in [0.717, 1.165) is 17.3 Å². The molecule has 0 saturated heterocycles. The molecule has 0 aliphatic carbocycles. The molecular weight excluding hydrogens is 427 g/mol. The second-order valence-electron chi connectivity index (χ2n) is 5.69. The van der Waals surface area contributed by atoms with Crippen LogP contribution in [0.2, 0.25) is 0 Å². The van der Waals surface area contributed by atoms with Crippen LogP contribution in [0.3, 0.4) is 0 Å². The molecule has 0 radical (unpaired) electrons. The first kappa shape index (κ1) is 21.7. The van der Waals surface area contributed by atoms with Gasteiger partial charge in [0.25, 0.3) is 0 Å². The zero-order valence-electron chi connectivity index (χ0n) is 15.2. The summed E-state index contributed by atoms with van der Waals surface area (Å²) in [5.41, 5.74) is 3.61. The highest BCUT2D eigenvalue weighted by molar-refractivity contribution is 8.02. The maximum absolute atomic E-state index is 5.82. The Morgan fingerprint density at radius 2 is 0.750 bits per heavy atom. The van der Waals surface area contributed by atoms with Gasteiger partial charge in [-0.2, -0.15) is 0 Å². The molecule has 146 valence electrons. The smallest absolute Gasteiger partial charge is 0.239 e. The molecule has 0 heterocycles. The van der Waals surface area contributed by atoms with E-state index in [0.29, 0.717) is 0 Å². The van der Waals surface area contributed by atoms with Crippen molar-refractivity contribution in [3.8, 4) is 0 Å². The third kappa shape index (κ3) is 8.58. The molecule has 0 spiro atoms. The van der Waals surface area contributed by atoms with Gasteiger partial charge >= 0.3 is 8.60 Å². The van der Waals surface area contributed by atoms with Crippen molar-refractivity contribution in [1.29, 1.82) is 0 Å². The van der Waals surface area contributed by atoms with Crippen LogP contribution in [0, 0.1) is 0 Å². The molecule has 28 heavy (non-hydrogen) atoms. The molecule has 3 nitrogen and oxygen atoms in total. The minimum atomic E-state index is -1.46. The number of rotatable bonds is 12. The molecule has 0 atom stereocenters. The van der Waals surface area contributed by atoms with Gasteiger partial charge in [0.2, 0.25) is 0 Å². The van der Waals surface area contributed by atoms with Gasteiger partial charge in [-0.05, 0) is 16.7 Å². The van der Waals surface area contributed by atoms with Crippen LogP contribution in [0.15, 0.2) is 91.0 Å². The largest absolute Gasteiger partial charge is 0.369 e. The van der Waals surface area contributed by atoms with Crippen molar-refractivity contribution in [2.24, 2.45) is 0 Å². The number of hydrogen-bond acceptors (Lipinski definition) is 6. The molecule has 0 aliphatic heterocycles. The lowest BCUT2D eigenvalue weighted by molar-refractivity contribution is 0.468. The van der Waals surface area contributed by atoms with Gasteiger partial charge in [0.15, 0.2) is 0 Å². The second kappa shape index (κ2) is 13.3. The molecule has 0 bridgehead atoms. The summed E-state index contributed by atoms with van der Waals surface area (Å²) in [6.45, 7) is 0. The molecule has 0 unspecified atom stereocenters. The molecule has 0 amide bonds. The Morgan fingerprint density at radius 1 is 0.464 bits per heavy atom. The molecule has 0 saturated carbocycles. The molecule has 3 aromatic rings. The SMILES string of the molecule is c1ccc(CSOP(OSCc2ccccc2)OSCc2ccccc2)cc1. The maximum atomic E-state index is 5.82. The van der Waals surface area contributed by atoms with Gasteiger partial charge in [0.05, 0.1) is 0 Å². The Balaban J connectivity index is 1.44. The Morgan fingerprint density at radius 3 is 1.04 bits per heavy atom. The lowest BCUT2D eigenvalue weighted by Crippen LogP contribution is -1.86. The molecule has 0 fully saturated rings. The predicted octanol–water partition coefficient (Wildman–Crippen LogP) is 7.81. The average Bonchev–Trinajstić information content (AvgIpc) is 2.76. The van der Waals surface area contributed by atoms with Gasteiger partial charge < -0.3 is 0 Å². The summed E-state index contributed by atoms with van der Waals surface area (Å²) in [5.74, 6) is 2.25. The predicted molar refractivity (Wildman–Crippen MR) is 123 cm³/mol. The van der Waals surface area contributed by atoms with Crippen LogP contribution in [-0.4, -0.2) is 0 Å². The fraction of sp³-hybridized carbons (Fsp3) is 0.143. The van der Waals surface area contributed by atoms with Gasteiger partial charge in [-0.1, -0.05) is 91.0 Å². The minimum Gasteiger partial charge on any atom is -0.239 e.